The van der Waals surface area contributed by atoms with Gasteiger partial charge in [0.1, 0.15) is 17.3 Å². The summed E-state index contributed by atoms with van der Waals surface area (Å²) in [4.78, 5) is 13.8. The van der Waals surface area contributed by atoms with Crippen molar-refractivity contribution >= 4 is 11.8 Å². The van der Waals surface area contributed by atoms with Gasteiger partial charge in [-0.05, 0) is 44.5 Å². The van der Waals surface area contributed by atoms with Gasteiger partial charge >= 0.3 is 0 Å². The number of morpholine rings is 1. The molecule has 0 radical (unpaired) electrons. The molecule has 0 saturated carbocycles. The molecule has 0 spiro atoms. The number of aromatic nitrogens is 2. The van der Waals surface area contributed by atoms with Crippen molar-refractivity contribution in [1.29, 1.82) is 0 Å². The maximum absolute atomic E-state index is 5.72. The smallest absolute Gasteiger partial charge is 0.227 e. The number of nitrogens with one attached hydrogen (secondary N) is 1. The van der Waals surface area contributed by atoms with E-state index in [0.29, 0.717) is 6.04 Å². The second-order valence-corrected chi connectivity index (χ2v) is 7.07. The van der Waals surface area contributed by atoms with Crippen molar-refractivity contribution in [2.75, 3.05) is 49.6 Å². The van der Waals surface area contributed by atoms with Gasteiger partial charge in [0.25, 0.3) is 0 Å². The summed E-state index contributed by atoms with van der Waals surface area (Å²) in [6.45, 7) is 8.15. The highest BCUT2D eigenvalue weighted by Crippen LogP contribution is 2.19. The highest BCUT2D eigenvalue weighted by atomic mass is 16.5. The van der Waals surface area contributed by atoms with E-state index in [9.17, 15) is 0 Å². The van der Waals surface area contributed by atoms with E-state index >= 15 is 0 Å². The minimum Gasteiger partial charge on any atom is -0.465 e. The molecule has 1 unspecified atom stereocenters. The van der Waals surface area contributed by atoms with Crippen LogP contribution in [0, 0.1) is 6.92 Å². The molecule has 2 fully saturated rings. The molecule has 4 rings (SSSR count). The lowest BCUT2D eigenvalue weighted by Gasteiger charge is -2.33. The largest absolute Gasteiger partial charge is 0.465 e. The number of anilines is 2. The maximum Gasteiger partial charge on any atom is 0.227 e. The van der Waals surface area contributed by atoms with Crippen LogP contribution in [0.2, 0.25) is 0 Å². The maximum atomic E-state index is 5.72. The summed E-state index contributed by atoms with van der Waals surface area (Å²) in [6.07, 6.45) is 4.18. The summed E-state index contributed by atoms with van der Waals surface area (Å²) in [5.41, 5.74) is 0. The molecule has 4 heterocycles. The minimum absolute atomic E-state index is 0.396. The Morgan fingerprint density at radius 3 is 2.88 bits per heavy atom. The van der Waals surface area contributed by atoms with Gasteiger partial charge in [-0.1, -0.05) is 0 Å². The number of nitrogens with zero attached hydrogens (tertiary/aromatic N) is 4. The van der Waals surface area contributed by atoms with Crippen LogP contribution >= 0.6 is 0 Å². The normalized spacial score (nSPS) is 21.7. The summed E-state index contributed by atoms with van der Waals surface area (Å²) in [7, 11) is 0. The number of rotatable bonds is 5. The summed E-state index contributed by atoms with van der Waals surface area (Å²) in [6, 6.07) is 6.46. The second kappa shape index (κ2) is 8.05. The first-order valence-corrected chi connectivity index (χ1v) is 9.46. The molecule has 2 aliphatic heterocycles. The number of furan rings is 1. The Hall–Kier alpha value is -2.12. The first kappa shape index (κ1) is 17.3. The quantitative estimate of drug-likeness (QED) is 0.880. The number of aryl methyl sites for hydroxylation is 1. The Balaban J connectivity index is 1.35. The highest BCUT2D eigenvalue weighted by molar-refractivity contribution is 5.42. The van der Waals surface area contributed by atoms with E-state index in [4.69, 9.17) is 14.1 Å². The minimum atomic E-state index is 0.396. The van der Waals surface area contributed by atoms with Gasteiger partial charge in [0.15, 0.2) is 0 Å². The van der Waals surface area contributed by atoms with E-state index in [1.807, 2.05) is 25.3 Å². The molecule has 0 aromatic carbocycles. The lowest BCUT2D eigenvalue weighted by Crippen LogP contribution is -2.42. The monoisotopic (exact) mass is 357 g/mol. The number of ether oxygens (including phenoxy) is 1. The van der Waals surface area contributed by atoms with Gasteiger partial charge in [0, 0.05) is 31.9 Å². The van der Waals surface area contributed by atoms with E-state index in [0.717, 1.165) is 75.6 Å². The van der Waals surface area contributed by atoms with Crippen molar-refractivity contribution in [3.05, 3.63) is 35.9 Å². The number of likely N-dealkylation sites (tertiary alicyclic amines) is 1. The van der Waals surface area contributed by atoms with E-state index in [1.165, 1.54) is 6.42 Å². The average molecular weight is 357 g/mol. The van der Waals surface area contributed by atoms with Gasteiger partial charge < -0.3 is 19.4 Å². The van der Waals surface area contributed by atoms with Crippen LogP contribution in [0.15, 0.2) is 28.8 Å². The van der Waals surface area contributed by atoms with Crippen LogP contribution in [0.4, 0.5) is 11.8 Å². The molecule has 0 aliphatic carbocycles. The molecule has 1 atom stereocenters. The first-order chi connectivity index (χ1) is 12.8. The van der Waals surface area contributed by atoms with E-state index < -0.39 is 0 Å². The number of piperidine rings is 1. The molecule has 0 amide bonds. The van der Waals surface area contributed by atoms with E-state index in [2.05, 4.69) is 26.2 Å². The van der Waals surface area contributed by atoms with E-state index in [1.54, 1.807) is 0 Å². The van der Waals surface area contributed by atoms with Crippen molar-refractivity contribution in [2.24, 2.45) is 0 Å². The lowest BCUT2D eigenvalue weighted by molar-refractivity contribution is 0.122. The zero-order chi connectivity index (χ0) is 17.8. The van der Waals surface area contributed by atoms with Crippen LogP contribution in [0.25, 0.3) is 0 Å². The molecule has 0 bridgehead atoms. The third kappa shape index (κ3) is 4.34. The summed E-state index contributed by atoms with van der Waals surface area (Å²) in [5.74, 6) is 3.71. The van der Waals surface area contributed by atoms with Gasteiger partial charge in [0.05, 0.1) is 19.8 Å². The van der Waals surface area contributed by atoms with Gasteiger partial charge in [-0.2, -0.15) is 4.98 Å². The van der Waals surface area contributed by atoms with Crippen LogP contribution in [0.3, 0.4) is 0 Å². The van der Waals surface area contributed by atoms with Crippen molar-refractivity contribution in [3.63, 3.8) is 0 Å². The van der Waals surface area contributed by atoms with Crippen LogP contribution in [-0.2, 0) is 11.3 Å². The van der Waals surface area contributed by atoms with Gasteiger partial charge in [-0.25, -0.2) is 4.98 Å². The Morgan fingerprint density at radius 1 is 1.19 bits per heavy atom. The molecular weight excluding hydrogens is 330 g/mol. The van der Waals surface area contributed by atoms with Crippen LogP contribution in [0.1, 0.15) is 24.4 Å². The average Bonchev–Trinajstić information content (AvgIpc) is 3.08. The van der Waals surface area contributed by atoms with Gasteiger partial charge in [-0.15, -0.1) is 0 Å². The van der Waals surface area contributed by atoms with Crippen molar-refractivity contribution < 1.29 is 9.15 Å². The predicted octanol–water partition coefficient (Wildman–Crippen LogP) is 2.29. The first-order valence-electron chi connectivity index (χ1n) is 9.46. The number of hydrogen-bond acceptors (Lipinski definition) is 7. The fraction of sp³-hybridized carbons (Fsp3) is 0.579. The highest BCUT2D eigenvalue weighted by Gasteiger charge is 2.21. The standard InChI is InChI=1S/C19H27N5O2/c1-15-4-5-17(26-15)14-23-8-2-3-16(13-23)21-18-6-7-20-19(22-18)24-9-11-25-12-10-24/h4-7,16H,2-3,8-14H2,1H3,(H,20,21,22). The number of hydrogen-bond donors (Lipinski definition) is 1. The van der Waals surface area contributed by atoms with Crippen molar-refractivity contribution in [3.8, 4) is 0 Å². The summed E-state index contributed by atoms with van der Waals surface area (Å²) in [5, 5.41) is 3.60. The molecule has 140 valence electrons. The molecule has 7 nitrogen and oxygen atoms in total. The van der Waals surface area contributed by atoms with Gasteiger partial charge in [0.2, 0.25) is 5.95 Å². The Labute approximate surface area is 154 Å². The zero-order valence-corrected chi connectivity index (χ0v) is 15.4. The predicted molar refractivity (Wildman–Crippen MR) is 100 cm³/mol. The van der Waals surface area contributed by atoms with Crippen molar-refractivity contribution in [1.82, 2.24) is 14.9 Å². The topological polar surface area (TPSA) is 66.7 Å². The van der Waals surface area contributed by atoms with Crippen LogP contribution < -0.4 is 10.2 Å². The molecular formula is C19H27N5O2. The zero-order valence-electron chi connectivity index (χ0n) is 15.4. The molecule has 2 saturated heterocycles. The Bertz CT molecular complexity index is 713. The van der Waals surface area contributed by atoms with E-state index in [-0.39, 0.29) is 0 Å². The third-order valence-electron chi connectivity index (χ3n) is 4.97. The molecule has 2 aromatic heterocycles. The fourth-order valence-electron chi connectivity index (χ4n) is 3.66. The van der Waals surface area contributed by atoms with Gasteiger partial charge in [-0.3, -0.25) is 4.90 Å². The summed E-state index contributed by atoms with van der Waals surface area (Å²) < 4.78 is 11.1. The fourth-order valence-corrected chi connectivity index (χ4v) is 3.66. The summed E-state index contributed by atoms with van der Waals surface area (Å²) >= 11 is 0. The molecule has 2 aliphatic rings. The molecule has 7 heteroatoms. The molecule has 26 heavy (non-hydrogen) atoms. The van der Waals surface area contributed by atoms with Crippen LogP contribution in [0.5, 0.6) is 0 Å². The second-order valence-electron chi connectivity index (χ2n) is 7.07. The molecule has 2 aromatic rings. The SMILES string of the molecule is Cc1ccc(CN2CCCC(Nc3ccnc(N4CCOCC4)n3)C2)o1. The third-order valence-corrected chi connectivity index (χ3v) is 4.97. The Kier molecular flexibility index (Phi) is 5.36. The molecule has 1 N–H and O–H groups in total. The lowest BCUT2D eigenvalue weighted by atomic mass is 10.1. The Morgan fingerprint density at radius 2 is 2.08 bits per heavy atom. The van der Waals surface area contributed by atoms with Crippen LogP contribution in [-0.4, -0.2) is 60.3 Å². The van der Waals surface area contributed by atoms with Crippen molar-refractivity contribution in [2.45, 2.75) is 32.4 Å².